The largest absolute Gasteiger partial charge is 0.409 e. The van der Waals surface area contributed by atoms with Gasteiger partial charge in [0.1, 0.15) is 11.8 Å². The first kappa shape index (κ1) is 13.0. The summed E-state index contributed by atoms with van der Waals surface area (Å²) in [6.45, 7) is 0.806. The van der Waals surface area contributed by atoms with Gasteiger partial charge in [-0.3, -0.25) is 9.59 Å². The van der Waals surface area contributed by atoms with Gasteiger partial charge in [0.05, 0.1) is 13.2 Å². The van der Waals surface area contributed by atoms with E-state index in [-0.39, 0.29) is 36.1 Å². The van der Waals surface area contributed by atoms with Crippen molar-refractivity contribution in [1.82, 2.24) is 15.1 Å². The molecule has 9 nitrogen and oxygen atoms in total. The van der Waals surface area contributed by atoms with E-state index in [0.717, 1.165) is 0 Å². The Bertz CT molecular complexity index is 535. The average molecular weight is 267 g/mol. The van der Waals surface area contributed by atoms with Crippen molar-refractivity contribution < 1.29 is 14.7 Å². The van der Waals surface area contributed by atoms with Gasteiger partial charge in [-0.15, -0.1) is 0 Å². The van der Waals surface area contributed by atoms with E-state index in [1.165, 1.54) is 17.0 Å². The molecule has 0 saturated carbocycles. The van der Waals surface area contributed by atoms with Gasteiger partial charge >= 0.3 is 0 Å². The Morgan fingerprint density at radius 3 is 3.05 bits per heavy atom. The normalized spacial score (nSPS) is 20.3. The lowest BCUT2D eigenvalue weighted by molar-refractivity contribution is 0.00642. The molecule has 0 radical (unpaired) electrons. The van der Waals surface area contributed by atoms with Crippen LogP contribution in [0.15, 0.2) is 22.1 Å². The molecule has 1 unspecified atom stereocenters. The van der Waals surface area contributed by atoms with Crippen LogP contribution in [-0.4, -0.2) is 57.8 Å². The summed E-state index contributed by atoms with van der Waals surface area (Å²) in [5.41, 5.74) is 5.19. The lowest BCUT2D eigenvalue weighted by Crippen LogP contribution is -2.50. The van der Waals surface area contributed by atoms with Gasteiger partial charge in [0.15, 0.2) is 5.84 Å². The lowest BCUT2D eigenvalue weighted by Gasteiger charge is -2.31. The van der Waals surface area contributed by atoms with Crippen molar-refractivity contribution in [3.05, 3.63) is 28.2 Å². The monoisotopic (exact) mass is 267 g/mol. The number of morpholine rings is 1. The molecule has 1 aliphatic rings. The molecule has 1 saturated heterocycles. The number of nitrogens with two attached hydrogens (primary N) is 1. The zero-order chi connectivity index (χ0) is 13.8. The number of hydrogen-bond acceptors (Lipinski definition) is 6. The maximum atomic E-state index is 12.1. The number of H-pyrrole nitrogens is 1. The van der Waals surface area contributed by atoms with Crippen molar-refractivity contribution in [2.24, 2.45) is 10.9 Å². The minimum atomic E-state index is -0.648. The van der Waals surface area contributed by atoms with Crippen molar-refractivity contribution in [1.29, 1.82) is 0 Å². The van der Waals surface area contributed by atoms with Crippen molar-refractivity contribution in [2.45, 2.75) is 6.10 Å². The van der Waals surface area contributed by atoms with Crippen LogP contribution in [0.3, 0.4) is 0 Å². The van der Waals surface area contributed by atoms with E-state index in [0.29, 0.717) is 6.54 Å². The number of nitrogens with zero attached hydrogens (tertiary/aromatic N) is 3. The minimum Gasteiger partial charge on any atom is -0.409 e. The highest BCUT2D eigenvalue weighted by atomic mass is 16.5. The number of ether oxygens (including phenoxy) is 1. The molecule has 2 heterocycles. The topological polar surface area (TPSA) is 134 Å². The van der Waals surface area contributed by atoms with Crippen LogP contribution in [0.2, 0.25) is 0 Å². The molecular weight excluding hydrogens is 254 g/mol. The summed E-state index contributed by atoms with van der Waals surface area (Å²) in [4.78, 5) is 24.5. The molecule has 1 amide bonds. The second-order valence-electron chi connectivity index (χ2n) is 3.94. The van der Waals surface area contributed by atoms with Gasteiger partial charge < -0.3 is 20.6 Å². The molecule has 0 aromatic carbocycles. The summed E-state index contributed by atoms with van der Waals surface area (Å²) in [6, 6.07) is 2.57. The molecule has 1 atom stereocenters. The molecule has 1 fully saturated rings. The van der Waals surface area contributed by atoms with Crippen LogP contribution in [0.4, 0.5) is 0 Å². The van der Waals surface area contributed by atoms with Crippen LogP contribution in [0.25, 0.3) is 0 Å². The predicted octanol–water partition coefficient (Wildman–Crippen LogP) is -1.64. The van der Waals surface area contributed by atoms with E-state index in [1.54, 1.807) is 0 Å². The molecule has 19 heavy (non-hydrogen) atoms. The fourth-order valence-electron chi connectivity index (χ4n) is 1.70. The van der Waals surface area contributed by atoms with Crippen molar-refractivity contribution in [3.8, 4) is 0 Å². The quantitative estimate of drug-likeness (QED) is 0.254. The number of hydrogen-bond donors (Lipinski definition) is 3. The number of aromatic amines is 1. The van der Waals surface area contributed by atoms with E-state index in [9.17, 15) is 9.59 Å². The summed E-state index contributed by atoms with van der Waals surface area (Å²) in [5.74, 6) is -0.442. The first-order valence-electron chi connectivity index (χ1n) is 5.56. The first-order chi connectivity index (χ1) is 9.11. The maximum absolute atomic E-state index is 12.1. The molecular formula is C10H13N5O4. The van der Waals surface area contributed by atoms with Gasteiger partial charge in [-0.05, 0) is 6.07 Å². The number of aromatic nitrogens is 2. The highest BCUT2D eigenvalue weighted by molar-refractivity contribution is 5.93. The summed E-state index contributed by atoms with van der Waals surface area (Å²) in [5, 5.41) is 17.3. The molecule has 1 aromatic rings. The van der Waals surface area contributed by atoms with E-state index >= 15 is 0 Å². The molecule has 1 aliphatic heterocycles. The molecule has 4 N–H and O–H groups in total. The van der Waals surface area contributed by atoms with Gasteiger partial charge in [-0.25, -0.2) is 5.10 Å². The fraction of sp³-hybridized carbons (Fsp3) is 0.400. The number of rotatable bonds is 2. The van der Waals surface area contributed by atoms with Crippen LogP contribution in [0.5, 0.6) is 0 Å². The van der Waals surface area contributed by atoms with Crippen LogP contribution >= 0.6 is 0 Å². The number of amides is 1. The van der Waals surface area contributed by atoms with Crippen LogP contribution in [-0.2, 0) is 4.74 Å². The van der Waals surface area contributed by atoms with Gasteiger partial charge in [0.2, 0.25) is 0 Å². The number of carbonyl (C=O) groups excluding carboxylic acids is 1. The number of amidine groups is 1. The third-order valence-electron chi connectivity index (χ3n) is 2.70. The number of carbonyl (C=O) groups is 1. The predicted molar refractivity (Wildman–Crippen MR) is 63.9 cm³/mol. The van der Waals surface area contributed by atoms with Crippen LogP contribution < -0.4 is 11.3 Å². The Morgan fingerprint density at radius 1 is 1.63 bits per heavy atom. The lowest BCUT2D eigenvalue weighted by atomic mass is 10.2. The highest BCUT2D eigenvalue weighted by Gasteiger charge is 2.28. The minimum absolute atomic E-state index is 0.0908. The van der Waals surface area contributed by atoms with E-state index < -0.39 is 6.10 Å². The van der Waals surface area contributed by atoms with Crippen LogP contribution in [0.1, 0.15) is 10.5 Å². The second-order valence-corrected chi connectivity index (χ2v) is 3.94. The zero-order valence-corrected chi connectivity index (χ0v) is 9.94. The van der Waals surface area contributed by atoms with Crippen LogP contribution in [0, 0.1) is 0 Å². The SMILES string of the molecule is N/C(=N/O)C1CN(C(=O)c2ccc(=O)[nH]n2)CCO1. The third-order valence-corrected chi connectivity index (χ3v) is 2.70. The Hall–Kier alpha value is -2.42. The zero-order valence-electron chi connectivity index (χ0n) is 9.94. The summed E-state index contributed by atoms with van der Waals surface area (Å²) >= 11 is 0. The Balaban J connectivity index is 2.11. The van der Waals surface area contributed by atoms with Crippen molar-refractivity contribution in [2.75, 3.05) is 19.7 Å². The number of nitrogens with one attached hydrogen (secondary N) is 1. The third kappa shape index (κ3) is 2.88. The highest BCUT2D eigenvalue weighted by Crippen LogP contribution is 2.08. The van der Waals surface area contributed by atoms with Gasteiger partial charge in [-0.2, -0.15) is 5.10 Å². The van der Waals surface area contributed by atoms with E-state index in [1.807, 2.05) is 0 Å². The second kappa shape index (κ2) is 5.48. The summed E-state index contributed by atoms with van der Waals surface area (Å²) in [7, 11) is 0. The Morgan fingerprint density at radius 2 is 2.42 bits per heavy atom. The van der Waals surface area contributed by atoms with Crippen molar-refractivity contribution in [3.63, 3.8) is 0 Å². The molecule has 1 aromatic heterocycles. The molecule has 102 valence electrons. The van der Waals surface area contributed by atoms with Gasteiger partial charge in [0, 0.05) is 12.6 Å². The van der Waals surface area contributed by atoms with Gasteiger partial charge in [-0.1, -0.05) is 5.16 Å². The molecule has 0 spiro atoms. The Labute approximate surface area is 107 Å². The molecule has 0 bridgehead atoms. The van der Waals surface area contributed by atoms with E-state index in [4.69, 9.17) is 15.7 Å². The molecule has 0 aliphatic carbocycles. The Kier molecular flexibility index (Phi) is 3.76. The molecule has 9 heteroatoms. The van der Waals surface area contributed by atoms with Crippen molar-refractivity contribution >= 4 is 11.7 Å². The molecule has 2 rings (SSSR count). The maximum Gasteiger partial charge on any atom is 0.274 e. The summed E-state index contributed by atoms with van der Waals surface area (Å²) < 4.78 is 5.28. The van der Waals surface area contributed by atoms with Gasteiger partial charge in [0.25, 0.3) is 11.5 Å². The standard InChI is InChI=1S/C10H13N5O4/c11-9(14-18)7-5-15(3-4-19-7)10(17)6-1-2-8(16)13-12-6/h1-2,7,18H,3-5H2,(H2,11,14)(H,13,16). The van der Waals surface area contributed by atoms with E-state index in [2.05, 4.69) is 15.4 Å². The number of oxime groups is 1. The smallest absolute Gasteiger partial charge is 0.274 e. The average Bonchev–Trinajstić information content (AvgIpc) is 2.46. The first-order valence-corrected chi connectivity index (χ1v) is 5.56. The fourth-order valence-corrected chi connectivity index (χ4v) is 1.70. The summed E-state index contributed by atoms with van der Waals surface area (Å²) in [6.07, 6.45) is -0.648.